The lowest BCUT2D eigenvalue weighted by molar-refractivity contribution is 0.388. The van der Waals surface area contributed by atoms with Crippen molar-refractivity contribution in [2.24, 2.45) is 17.8 Å². The molecule has 0 spiro atoms. The summed E-state index contributed by atoms with van der Waals surface area (Å²) in [5, 5.41) is 0. The molecule has 1 atom stereocenters. The van der Waals surface area contributed by atoms with E-state index in [-0.39, 0.29) is 0 Å². The number of rotatable bonds is 9. The molecule has 0 heterocycles. The van der Waals surface area contributed by atoms with Crippen molar-refractivity contribution in [1.82, 2.24) is 0 Å². The van der Waals surface area contributed by atoms with Gasteiger partial charge in [-0.3, -0.25) is 0 Å². The Morgan fingerprint density at radius 1 is 0.941 bits per heavy atom. The summed E-state index contributed by atoms with van der Waals surface area (Å²) in [5.74, 6) is 2.46. The van der Waals surface area contributed by atoms with E-state index in [4.69, 9.17) is 0 Å². The zero-order chi connectivity index (χ0) is 13.3. The second-order valence-electron chi connectivity index (χ2n) is 5.62. The maximum absolute atomic E-state index is 2.56. The van der Waals surface area contributed by atoms with Crippen LogP contribution in [0.15, 0.2) is 11.6 Å². The zero-order valence-electron chi connectivity index (χ0n) is 13.1. The average Bonchev–Trinajstić information content (AvgIpc) is 2.30. The minimum atomic E-state index is 0.751. The largest absolute Gasteiger partial charge is 0.0822 e. The maximum atomic E-state index is 2.56. The molecule has 0 fully saturated rings. The van der Waals surface area contributed by atoms with Crippen LogP contribution in [0.5, 0.6) is 0 Å². The number of hydrogen-bond donors (Lipinski definition) is 0. The fraction of sp³-hybridized carbons (Fsp3) is 0.882. The molecule has 102 valence electrons. The lowest BCUT2D eigenvalue weighted by atomic mass is 9.84. The van der Waals surface area contributed by atoms with Gasteiger partial charge in [0, 0.05) is 0 Å². The molecule has 0 radical (unpaired) electrons. The molecule has 0 amide bonds. The van der Waals surface area contributed by atoms with Gasteiger partial charge in [0.2, 0.25) is 0 Å². The Bertz CT molecular complexity index is 192. The summed E-state index contributed by atoms with van der Waals surface area (Å²) in [6.45, 7) is 14.0. The second-order valence-corrected chi connectivity index (χ2v) is 5.62. The normalized spacial score (nSPS) is 14.7. The van der Waals surface area contributed by atoms with Gasteiger partial charge in [0.25, 0.3) is 0 Å². The molecule has 1 unspecified atom stereocenters. The molecule has 0 bridgehead atoms. The van der Waals surface area contributed by atoms with Crippen LogP contribution in [-0.4, -0.2) is 0 Å². The molecule has 0 N–H and O–H groups in total. The summed E-state index contributed by atoms with van der Waals surface area (Å²) in [7, 11) is 0. The molecule has 0 saturated heterocycles. The van der Waals surface area contributed by atoms with Crippen LogP contribution in [0, 0.1) is 17.8 Å². The summed E-state index contributed by atoms with van der Waals surface area (Å²) < 4.78 is 0. The molecule has 0 nitrogen and oxygen atoms in total. The predicted molar refractivity (Wildman–Crippen MR) is 80.3 cm³/mol. The molecule has 0 aromatic rings. The minimum absolute atomic E-state index is 0.751. The molecule has 0 aliphatic rings. The fourth-order valence-corrected chi connectivity index (χ4v) is 3.02. The fourth-order valence-electron chi connectivity index (χ4n) is 3.02. The van der Waals surface area contributed by atoms with E-state index in [2.05, 4.69) is 47.6 Å². The van der Waals surface area contributed by atoms with Crippen LogP contribution < -0.4 is 0 Å². The standard InChI is InChI=1S/C17H34/c1-7-11-17(12-8-2)15(6)13-14(5)16(9-3)10-4/h13-14,16-17H,7-12H2,1-6H3. The van der Waals surface area contributed by atoms with E-state index in [1.54, 1.807) is 5.57 Å². The summed E-state index contributed by atoms with van der Waals surface area (Å²) in [5.41, 5.74) is 1.65. The van der Waals surface area contributed by atoms with Crippen molar-refractivity contribution in [3.05, 3.63) is 11.6 Å². The molecule has 0 aromatic heterocycles. The highest BCUT2D eigenvalue weighted by atomic mass is 14.2. The molecular weight excluding hydrogens is 204 g/mol. The number of allylic oxidation sites excluding steroid dienone is 2. The number of hydrogen-bond acceptors (Lipinski definition) is 0. The van der Waals surface area contributed by atoms with Gasteiger partial charge in [-0.1, -0.05) is 72.0 Å². The molecule has 17 heavy (non-hydrogen) atoms. The van der Waals surface area contributed by atoms with Gasteiger partial charge in [-0.05, 0) is 37.5 Å². The summed E-state index contributed by atoms with van der Waals surface area (Å²) in [6, 6.07) is 0. The SMILES string of the molecule is CCCC(CCC)C(C)=CC(C)C(CC)CC. The lowest BCUT2D eigenvalue weighted by Gasteiger charge is -2.22. The van der Waals surface area contributed by atoms with E-state index in [1.165, 1.54) is 38.5 Å². The third kappa shape index (κ3) is 6.29. The second kappa shape index (κ2) is 9.74. The zero-order valence-corrected chi connectivity index (χ0v) is 13.1. The summed E-state index contributed by atoms with van der Waals surface area (Å²) in [6.07, 6.45) is 10.6. The Morgan fingerprint density at radius 2 is 1.41 bits per heavy atom. The maximum Gasteiger partial charge on any atom is -0.0206 e. The Labute approximate surface area is 110 Å². The van der Waals surface area contributed by atoms with E-state index >= 15 is 0 Å². The van der Waals surface area contributed by atoms with Gasteiger partial charge in [0.1, 0.15) is 0 Å². The smallest absolute Gasteiger partial charge is 0.0206 e. The highest BCUT2D eigenvalue weighted by molar-refractivity contribution is 5.06. The molecule has 0 heteroatoms. The van der Waals surface area contributed by atoms with Crippen molar-refractivity contribution >= 4 is 0 Å². The lowest BCUT2D eigenvalue weighted by Crippen LogP contribution is -2.10. The first kappa shape index (κ1) is 16.7. The van der Waals surface area contributed by atoms with Gasteiger partial charge in [0.05, 0.1) is 0 Å². The van der Waals surface area contributed by atoms with Crippen molar-refractivity contribution in [2.75, 3.05) is 0 Å². The Kier molecular flexibility index (Phi) is 9.59. The van der Waals surface area contributed by atoms with Crippen LogP contribution >= 0.6 is 0 Å². The highest BCUT2D eigenvalue weighted by Gasteiger charge is 2.14. The molecule has 0 rings (SSSR count). The molecule has 0 aliphatic carbocycles. The Hall–Kier alpha value is -0.260. The quantitative estimate of drug-likeness (QED) is 0.418. The first-order valence-corrected chi connectivity index (χ1v) is 7.78. The highest BCUT2D eigenvalue weighted by Crippen LogP contribution is 2.27. The van der Waals surface area contributed by atoms with E-state index in [1.807, 2.05) is 0 Å². The van der Waals surface area contributed by atoms with Crippen LogP contribution in [0.4, 0.5) is 0 Å². The summed E-state index contributed by atoms with van der Waals surface area (Å²) >= 11 is 0. The van der Waals surface area contributed by atoms with Gasteiger partial charge < -0.3 is 0 Å². The van der Waals surface area contributed by atoms with Crippen molar-refractivity contribution in [2.45, 2.75) is 80.1 Å². The van der Waals surface area contributed by atoms with Gasteiger partial charge in [-0.2, -0.15) is 0 Å². The van der Waals surface area contributed by atoms with E-state index in [0.29, 0.717) is 0 Å². The van der Waals surface area contributed by atoms with Gasteiger partial charge in [-0.15, -0.1) is 0 Å². The first-order chi connectivity index (χ1) is 8.10. The van der Waals surface area contributed by atoms with Crippen molar-refractivity contribution in [1.29, 1.82) is 0 Å². The summed E-state index contributed by atoms with van der Waals surface area (Å²) in [4.78, 5) is 0. The Balaban J connectivity index is 4.54. The van der Waals surface area contributed by atoms with Crippen molar-refractivity contribution < 1.29 is 0 Å². The predicted octanol–water partition coefficient (Wildman–Crippen LogP) is 6.22. The van der Waals surface area contributed by atoms with Gasteiger partial charge in [0.15, 0.2) is 0 Å². The molecule has 0 aliphatic heterocycles. The first-order valence-electron chi connectivity index (χ1n) is 7.78. The van der Waals surface area contributed by atoms with Crippen LogP contribution in [0.25, 0.3) is 0 Å². The van der Waals surface area contributed by atoms with E-state index in [9.17, 15) is 0 Å². The molecular formula is C17H34. The van der Waals surface area contributed by atoms with Gasteiger partial charge in [-0.25, -0.2) is 0 Å². The monoisotopic (exact) mass is 238 g/mol. The van der Waals surface area contributed by atoms with Crippen LogP contribution in [0.1, 0.15) is 80.1 Å². The average molecular weight is 238 g/mol. The van der Waals surface area contributed by atoms with Crippen LogP contribution in [-0.2, 0) is 0 Å². The topological polar surface area (TPSA) is 0 Å². The molecule has 0 saturated carbocycles. The Morgan fingerprint density at radius 3 is 1.76 bits per heavy atom. The third-order valence-electron chi connectivity index (χ3n) is 4.24. The van der Waals surface area contributed by atoms with Crippen LogP contribution in [0.3, 0.4) is 0 Å². The van der Waals surface area contributed by atoms with Gasteiger partial charge >= 0.3 is 0 Å². The molecule has 0 aromatic carbocycles. The van der Waals surface area contributed by atoms with Crippen LogP contribution in [0.2, 0.25) is 0 Å². The van der Waals surface area contributed by atoms with Crippen molar-refractivity contribution in [3.63, 3.8) is 0 Å². The minimum Gasteiger partial charge on any atom is -0.0822 e. The third-order valence-corrected chi connectivity index (χ3v) is 4.24. The van der Waals surface area contributed by atoms with Crippen molar-refractivity contribution in [3.8, 4) is 0 Å². The van der Waals surface area contributed by atoms with E-state index < -0.39 is 0 Å². The van der Waals surface area contributed by atoms with E-state index in [0.717, 1.165) is 17.8 Å².